The predicted octanol–water partition coefficient (Wildman–Crippen LogP) is 2.00. The highest BCUT2D eigenvalue weighted by atomic mass is 32.1. The van der Waals surface area contributed by atoms with E-state index in [0.29, 0.717) is 0 Å². The largest absolute Gasteiger partial charge is 0.392 e. The molecule has 1 aromatic carbocycles. The Balaban J connectivity index is 0.00000220. The molecule has 0 spiro atoms. The van der Waals surface area contributed by atoms with Crippen molar-refractivity contribution >= 4 is 27.0 Å². The molecular weight excluding hydrogens is 312 g/mol. The van der Waals surface area contributed by atoms with Gasteiger partial charge >= 0.3 is 0 Å². The van der Waals surface area contributed by atoms with Crippen LogP contribution in [0.2, 0.25) is 0 Å². The number of β-amino-alcohol motifs (C(OH)–C–C–N with tert-alkyl or cyclic N) is 1. The van der Waals surface area contributed by atoms with Crippen molar-refractivity contribution in [2.24, 2.45) is 0 Å². The van der Waals surface area contributed by atoms with Gasteiger partial charge < -0.3 is 10.4 Å². The van der Waals surface area contributed by atoms with E-state index in [1.807, 2.05) is 7.05 Å². The van der Waals surface area contributed by atoms with Gasteiger partial charge in [-0.2, -0.15) is 27.0 Å². The van der Waals surface area contributed by atoms with E-state index in [4.69, 9.17) is 0 Å². The van der Waals surface area contributed by atoms with Gasteiger partial charge in [0, 0.05) is 37.7 Å². The van der Waals surface area contributed by atoms with Crippen molar-refractivity contribution < 1.29 is 5.11 Å². The summed E-state index contributed by atoms with van der Waals surface area (Å²) in [4.78, 5) is 2.32. The summed E-state index contributed by atoms with van der Waals surface area (Å²) in [5.41, 5.74) is 2.34. The van der Waals surface area contributed by atoms with Crippen molar-refractivity contribution in [1.82, 2.24) is 10.2 Å². The van der Waals surface area contributed by atoms with Gasteiger partial charge in [0.2, 0.25) is 0 Å². The van der Waals surface area contributed by atoms with Crippen LogP contribution in [0.4, 0.5) is 0 Å². The number of likely N-dealkylation sites (tertiary alicyclic amines) is 1. The average Bonchev–Trinajstić information content (AvgIpc) is 2.88. The topological polar surface area (TPSA) is 35.5 Å². The van der Waals surface area contributed by atoms with E-state index in [2.05, 4.69) is 53.2 Å². The lowest BCUT2D eigenvalue weighted by Gasteiger charge is -2.23. The number of nitrogens with zero attached hydrogens (tertiary/aromatic N) is 1. The van der Waals surface area contributed by atoms with Gasteiger partial charge in [-0.25, -0.2) is 0 Å². The third-order valence-electron chi connectivity index (χ3n) is 3.74. The smallest absolute Gasteiger partial charge is 0.0679 e. The predicted molar refractivity (Wildman–Crippen MR) is 103 cm³/mol. The molecule has 2 atom stereocenters. The third kappa shape index (κ3) is 6.23. The van der Waals surface area contributed by atoms with Gasteiger partial charge in [0.05, 0.1) is 6.10 Å². The SMILES string of the molecule is CCC#Cc1cccc([C@@H](CN2CC[C@H](O)C2)NC)c1.S.S. The highest BCUT2D eigenvalue weighted by molar-refractivity contribution is 7.59. The first-order valence-electron chi connectivity index (χ1n) is 7.39. The number of likely N-dealkylation sites (N-methyl/N-ethyl adjacent to an activating group) is 1. The van der Waals surface area contributed by atoms with Crippen molar-refractivity contribution in [2.45, 2.75) is 31.9 Å². The van der Waals surface area contributed by atoms with Gasteiger partial charge in [0.15, 0.2) is 0 Å². The molecule has 0 bridgehead atoms. The average molecular weight is 341 g/mol. The lowest BCUT2D eigenvalue weighted by molar-refractivity contribution is 0.173. The number of hydrogen-bond donors (Lipinski definition) is 2. The molecule has 124 valence electrons. The number of aliphatic hydroxyl groups is 1. The van der Waals surface area contributed by atoms with Crippen molar-refractivity contribution in [1.29, 1.82) is 0 Å². The Morgan fingerprint density at radius 2 is 2.18 bits per heavy atom. The second-order valence-corrected chi connectivity index (χ2v) is 5.32. The molecule has 0 amide bonds. The Bertz CT molecular complexity index is 499. The highest BCUT2D eigenvalue weighted by Crippen LogP contribution is 2.18. The molecule has 1 aliphatic heterocycles. The molecule has 1 aliphatic rings. The zero-order chi connectivity index (χ0) is 14.4. The fourth-order valence-corrected chi connectivity index (χ4v) is 2.62. The van der Waals surface area contributed by atoms with E-state index in [1.54, 1.807) is 0 Å². The minimum atomic E-state index is -0.158. The Morgan fingerprint density at radius 3 is 2.77 bits per heavy atom. The van der Waals surface area contributed by atoms with Crippen LogP contribution >= 0.6 is 27.0 Å². The van der Waals surface area contributed by atoms with Gasteiger partial charge in [-0.1, -0.05) is 30.9 Å². The summed E-state index contributed by atoms with van der Waals surface area (Å²) in [6.45, 7) is 4.76. The number of rotatable bonds is 4. The first-order chi connectivity index (χ1) is 9.72. The van der Waals surface area contributed by atoms with Gasteiger partial charge in [-0.05, 0) is 31.2 Å². The third-order valence-corrected chi connectivity index (χ3v) is 3.74. The monoisotopic (exact) mass is 340 g/mol. The highest BCUT2D eigenvalue weighted by Gasteiger charge is 2.23. The van der Waals surface area contributed by atoms with Crippen LogP contribution in [0.25, 0.3) is 0 Å². The van der Waals surface area contributed by atoms with E-state index < -0.39 is 0 Å². The van der Waals surface area contributed by atoms with E-state index in [9.17, 15) is 5.11 Å². The molecular formula is C17H28N2OS2. The lowest BCUT2D eigenvalue weighted by atomic mass is 10.0. The van der Waals surface area contributed by atoms with E-state index in [-0.39, 0.29) is 39.1 Å². The Hall–Kier alpha value is -0.640. The van der Waals surface area contributed by atoms with Crippen LogP contribution in [0.1, 0.15) is 36.9 Å². The zero-order valence-corrected chi connectivity index (χ0v) is 15.4. The minimum absolute atomic E-state index is 0. The molecule has 22 heavy (non-hydrogen) atoms. The van der Waals surface area contributed by atoms with Crippen molar-refractivity contribution in [3.8, 4) is 11.8 Å². The number of benzene rings is 1. The molecule has 1 aromatic rings. The Labute approximate surface area is 148 Å². The summed E-state index contributed by atoms with van der Waals surface area (Å²) in [6, 6.07) is 8.71. The molecule has 0 aromatic heterocycles. The molecule has 5 heteroatoms. The number of nitrogens with one attached hydrogen (secondary N) is 1. The maximum Gasteiger partial charge on any atom is 0.0679 e. The van der Waals surface area contributed by atoms with E-state index >= 15 is 0 Å². The quantitative estimate of drug-likeness (QED) is 0.823. The molecule has 3 nitrogen and oxygen atoms in total. The van der Waals surface area contributed by atoms with Crippen LogP contribution in [0.15, 0.2) is 24.3 Å². The molecule has 2 N–H and O–H groups in total. The van der Waals surface area contributed by atoms with Crippen LogP contribution in [-0.4, -0.2) is 42.8 Å². The van der Waals surface area contributed by atoms with Gasteiger partial charge in [-0.3, -0.25) is 4.90 Å². The fourth-order valence-electron chi connectivity index (χ4n) is 2.62. The fraction of sp³-hybridized carbons (Fsp3) is 0.529. The number of hydrogen-bond acceptors (Lipinski definition) is 3. The standard InChI is InChI=1S/C17H24N2O.2H2S/c1-3-4-6-14-7-5-8-15(11-14)17(18-2)13-19-10-9-16(20)12-19;;/h5,7-8,11,16-18,20H,3,9-10,12-13H2,1-2H3;2*1H2/t16-,17+;;/m0../s1. The summed E-state index contributed by atoms with van der Waals surface area (Å²) >= 11 is 0. The second kappa shape index (κ2) is 11.0. The maximum absolute atomic E-state index is 9.62. The van der Waals surface area contributed by atoms with Crippen LogP contribution in [0.3, 0.4) is 0 Å². The minimum Gasteiger partial charge on any atom is -0.392 e. The van der Waals surface area contributed by atoms with E-state index in [0.717, 1.165) is 38.0 Å². The van der Waals surface area contributed by atoms with Crippen molar-refractivity contribution in [3.63, 3.8) is 0 Å². The molecule has 0 saturated carbocycles. The van der Waals surface area contributed by atoms with Gasteiger partial charge in [0.25, 0.3) is 0 Å². The van der Waals surface area contributed by atoms with Gasteiger partial charge in [0.1, 0.15) is 0 Å². The van der Waals surface area contributed by atoms with Crippen LogP contribution in [0.5, 0.6) is 0 Å². The van der Waals surface area contributed by atoms with Crippen LogP contribution in [0, 0.1) is 11.8 Å². The van der Waals surface area contributed by atoms with Crippen LogP contribution in [-0.2, 0) is 0 Å². The molecule has 1 fully saturated rings. The summed E-state index contributed by atoms with van der Waals surface area (Å²) in [7, 11) is 1.99. The zero-order valence-electron chi connectivity index (χ0n) is 13.4. The molecule has 1 saturated heterocycles. The first kappa shape index (κ1) is 21.4. The summed E-state index contributed by atoms with van der Waals surface area (Å²) < 4.78 is 0. The van der Waals surface area contributed by atoms with E-state index in [1.165, 1.54) is 5.56 Å². The molecule has 2 rings (SSSR count). The summed E-state index contributed by atoms with van der Waals surface area (Å²) in [6.07, 6.45) is 1.61. The van der Waals surface area contributed by atoms with Crippen molar-refractivity contribution in [3.05, 3.63) is 35.4 Å². The first-order valence-corrected chi connectivity index (χ1v) is 7.39. The maximum atomic E-state index is 9.62. The normalized spacial score (nSPS) is 18.6. The van der Waals surface area contributed by atoms with Gasteiger partial charge in [-0.15, -0.1) is 0 Å². The summed E-state index contributed by atoms with van der Waals surface area (Å²) in [5, 5.41) is 13.0. The molecule has 0 aliphatic carbocycles. The summed E-state index contributed by atoms with van der Waals surface area (Å²) in [5.74, 6) is 6.30. The number of aliphatic hydroxyl groups excluding tert-OH is 1. The Kier molecular flexibility index (Phi) is 10.7. The lowest BCUT2D eigenvalue weighted by Crippen LogP contribution is -2.33. The second-order valence-electron chi connectivity index (χ2n) is 5.32. The van der Waals surface area contributed by atoms with Crippen LogP contribution < -0.4 is 5.32 Å². The molecule has 0 unspecified atom stereocenters. The molecule has 1 heterocycles. The van der Waals surface area contributed by atoms with Crippen molar-refractivity contribution in [2.75, 3.05) is 26.7 Å². The molecule has 0 radical (unpaired) electrons. The Morgan fingerprint density at radius 1 is 1.41 bits per heavy atom.